The quantitative estimate of drug-likeness (QED) is 0.298. The van der Waals surface area contributed by atoms with Gasteiger partial charge in [-0.15, -0.1) is 0 Å². The molecule has 0 unspecified atom stereocenters. The number of phenolic OH excluding ortho intramolecular Hbond substituents is 1. The van der Waals surface area contributed by atoms with Crippen LogP contribution in [0.4, 0.5) is 0 Å². The summed E-state index contributed by atoms with van der Waals surface area (Å²) < 4.78 is 5.59. The summed E-state index contributed by atoms with van der Waals surface area (Å²) in [6, 6.07) is 4.78. The number of ketones is 1. The Hall–Kier alpha value is -4.48. The molecule has 0 spiro atoms. The molecule has 0 atom stereocenters. The van der Waals surface area contributed by atoms with Crippen LogP contribution in [0.5, 0.6) is 11.5 Å². The number of aliphatic carboxylic acids is 1. The second kappa shape index (κ2) is 12.4. The number of pyridine rings is 1. The largest absolute Gasteiger partial charge is 0.507 e. The van der Waals surface area contributed by atoms with Gasteiger partial charge < -0.3 is 30.1 Å². The summed E-state index contributed by atoms with van der Waals surface area (Å²) in [5.41, 5.74) is 1.54. The number of hydrogen-bond donors (Lipinski definition) is 4. The number of rotatable bonds is 11. The number of carboxylic acid groups (broad SMARTS) is 1. The molecule has 1 aromatic carbocycles. The van der Waals surface area contributed by atoms with E-state index in [0.29, 0.717) is 29.0 Å². The molecule has 0 saturated heterocycles. The van der Waals surface area contributed by atoms with Gasteiger partial charge in [0.2, 0.25) is 5.91 Å². The van der Waals surface area contributed by atoms with Gasteiger partial charge in [-0.05, 0) is 30.5 Å². The molecule has 1 aromatic heterocycles. The van der Waals surface area contributed by atoms with Crippen molar-refractivity contribution in [1.82, 2.24) is 20.1 Å². The van der Waals surface area contributed by atoms with Crippen LogP contribution in [0.2, 0.25) is 0 Å². The number of nitrogens with one attached hydrogen (secondary N) is 2. The van der Waals surface area contributed by atoms with Gasteiger partial charge in [0.1, 0.15) is 17.3 Å². The van der Waals surface area contributed by atoms with Crippen LogP contribution in [-0.2, 0) is 28.1 Å². The van der Waals surface area contributed by atoms with Gasteiger partial charge in [-0.25, -0.2) is 4.98 Å². The zero-order valence-corrected chi connectivity index (χ0v) is 24.3. The van der Waals surface area contributed by atoms with E-state index in [1.54, 1.807) is 24.0 Å². The minimum atomic E-state index is -1.06. The lowest BCUT2D eigenvalue weighted by Gasteiger charge is -2.26. The van der Waals surface area contributed by atoms with E-state index < -0.39 is 17.3 Å². The molecule has 0 radical (unpaired) electrons. The Balaban J connectivity index is 1.94. The van der Waals surface area contributed by atoms with Crippen LogP contribution in [0.25, 0.3) is 0 Å². The zero-order chi connectivity index (χ0) is 30.6. The fourth-order valence-electron chi connectivity index (χ4n) is 4.57. The van der Waals surface area contributed by atoms with Gasteiger partial charge in [-0.3, -0.25) is 24.6 Å². The van der Waals surface area contributed by atoms with Crippen LogP contribution in [0.3, 0.4) is 0 Å². The number of hydrogen-bond acceptors (Lipinski definition) is 8. The number of ether oxygens (including phenoxy) is 1. The summed E-state index contributed by atoms with van der Waals surface area (Å²) in [6.07, 6.45) is -0.261. The maximum Gasteiger partial charge on any atom is 0.305 e. The maximum absolute atomic E-state index is 13.6. The topological polar surface area (TPSA) is 173 Å². The lowest BCUT2D eigenvalue weighted by molar-refractivity contribution is -0.138. The number of aromatic nitrogens is 1. The predicted molar refractivity (Wildman–Crippen MR) is 151 cm³/mol. The van der Waals surface area contributed by atoms with Crippen molar-refractivity contribution in [2.45, 2.75) is 59.5 Å². The van der Waals surface area contributed by atoms with Crippen molar-refractivity contribution in [2.75, 3.05) is 26.7 Å². The van der Waals surface area contributed by atoms with Crippen LogP contribution in [0.1, 0.15) is 84.3 Å². The number of Topliss-reactive ketones (excluding diaryl/α,β-unsaturated/α-hetero) is 1. The summed E-state index contributed by atoms with van der Waals surface area (Å²) >= 11 is 0. The van der Waals surface area contributed by atoms with Crippen LogP contribution >= 0.6 is 0 Å². The van der Waals surface area contributed by atoms with Crippen molar-refractivity contribution in [3.05, 3.63) is 51.8 Å². The summed E-state index contributed by atoms with van der Waals surface area (Å²) in [4.78, 5) is 56.5. The third kappa shape index (κ3) is 7.00. The van der Waals surface area contributed by atoms with Crippen molar-refractivity contribution >= 4 is 29.4 Å². The van der Waals surface area contributed by atoms with Gasteiger partial charge in [-0.1, -0.05) is 20.8 Å². The van der Waals surface area contributed by atoms with Crippen LogP contribution in [-0.4, -0.2) is 81.1 Å². The van der Waals surface area contributed by atoms with E-state index in [1.165, 1.54) is 24.9 Å². The Bertz CT molecular complexity index is 1400. The third-order valence-electron chi connectivity index (χ3n) is 6.77. The molecule has 0 fully saturated rings. The molecule has 220 valence electrons. The third-order valence-corrected chi connectivity index (χ3v) is 6.77. The minimum absolute atomic E-state index is 0.00646. The summed E-state index contributed by atoms with van der Waals surface area (Å²) in [5.74, 6) is -1.97. The van der Waals surface area contributed by atoms with Gasteiger partial charge >= 0.3 is 5.97 Å². The number of benzene rings is 1. The Morgan fingerprint density at radius 1 is 1.20 bits per heavy atom. The Morgan fingerprint density at radius 2 is 1.88 bits per heavy atom. The second-order valence-corrected chi connectivity index (χ2v) is 10.8. The van der Waals surface area contributed by atoms with Gasteiger partial charge in [0.15, 0.2) is 17.2 Å². The number of phenols is 1. The second-order valence-electron chi connectivity index (χ2n) is 10.8. The number of carbonyl (C=O) groups is 4. The molecule has 0 bridgehead atoms. The van der Waals surface area contributed by atoms with E-state index in [0.717, 1.165) is 0 Å². The number of fused-ring (bicyclic) bond motifs is 1. The molecule has 2 amide bonds. The van der Waals surface area contributed by atoms with Crippen LogP contribution in [0, 0.1) is 5.41 Å². The molecule has 4 N–H and O–H groups in total. The SMILES string of the molecule is CCOc1cc2c(nc1C(=O)NC)C(=N)N(CC(=O)c1cc(CN(CCC(=O)O)C(C)=O)c(O)c(C(C)(C)C)c1)C2. The monoisotopic (exact) mass is 567 g/mol. The molecule has 2 heterocycles. The first-order valence-electron chi connectivity index (χ1n) is 13.3. The first kappa shape index (κ1) is 31.1. The minimum Gasteiger partial charge on any atom is -0.507 e. The van der Waals surface area contributed by atoms with Crippen LogP contribution in [0.15, 0.2) is 18.2 Å². The summed E-state index contributed by atoms with van der Waals surface area (Å²) in [5, 5.41) is 31.3. The number of amides is 2. The molecule has 12 heteroatoms. The van der Waals surface area contributed by atoms with E-state index in [-0.39, 0.29) is 72.8 Å². The van der Waals surface area contributed by atoms with E-state index >= 15 is 0 Å². The standard InChI is InChI=1S/C29H37N5O7/c1-7-41-22-12-18-13-34(27(30)24(18)32-25(22)28(40)31-6)15-21(36)17-10-19(26(39)20(11-17)29(3,4)5)14-33(16(2)35)9-8-23(37)38/h10-12,30,39H,7-9,13-15H2,1-6H3,(H,31,40)(H,37,38). The summed E-state index contributed by atoms with van der Waals surface area (Å²) in [7, 11) is 1.48. The van der Waals surface area contributed by atoms with Gasteiger partial charge in [-0.2, -0.15) is 0 Å². The first-order chi connectivity index (χ1) is 19.2. The smallest absolute Gasteiger partial charge is 0.305 e. The van der Waals surface area contributed by atoms with E-state index in [1.807, 2.05) is 20.8 Å². The highest BCUT2D eigenvalue weighted by molar-refractivity contribution is 6.05. The molecule has 2 aromatic rings. The number of amidine groups is 1. The molecule has 3 rings (SSSR count). The summed E-state index contributed by atoms with van der Waals surface area (Å²) in [6.45, 7) is 8.98. The average Bonchev–Trinajstić information content (AvgIpc) is 3.19. The van der Waals surface area contributed by atoms with Crippen molar-refractivity contribution in [2.24, 2.45) is 0 Å². The van der Waals surface area contributed by atoms with Crippen LogP contribution < -0.4 is 10.1 Å². The molecule has 0 aliphatic carbocycles. The highest BCUT2D eigenvalue weighted by atomic mass is 16.5. The number of carboxylic acids is 1. The van der Waals surface area contributed by atoms with Crippen molar-refractivity contribution in [3.8, 4) is 11.5 Å². The molecule has 12 nitrogen and oxygen atoms in total. The number of carbonyl (C=O) groups excluding carboxylic acids is 3. The van der Waals surface area contributed by atoms with E-state index in [9.17, 15) is 24.3 Å². The highest BCUT2D eigenvalue weighted by Gasteiger charge is 2.32. The fourth-order valence-corrected chi connectivity index (χ4v) is 4.57. The molecule has 41 heavy (non-hydrogen) atoms. The first-order valence-corrected chi connectivity index (χ1v) is 13.3. The van der Waals surface area contributed by atoms with Crippen molar-refractivity contribution in [3.63, 3.8) is 0 Å². The van der Waals surface area contributed by atoms with Crippen molar-refractivity contribution in [1.29, 1.82) is 5.41 Å². The Morgan fingerprint density at radius 3 is 2.44 bits per heavy atom. The maximum atomic E-state index is 13.6. The van der Waals surface area contributed by atoms with Gasteiger partial charge in [0.05, 0.1) is 19.6 Å². The average molecular weight is 568 g/mol. The molecule has 0 saturated carbocycles. The molecule has 1 aliphatic heterocycles. The van der Waals surface area contributed by atoms with Gasteiger partial charge in [0, 0.05) is 55.9 Å². The van der Waals surface area contributed by atoms with Gasteiger partial charge in [0.25, 0.3) is 5.91 Å². The number of nitrogens with zero attached hydrogens (tertiary/aromatic N) is 3. The Kier molecular flexibility index (Phi) is 9.36. The van der Waals surface area contributed by atoms with E-state index in [4.69, 9.17) is 15.3 Å². The lowest BCUT2D eigenvalue weighted by Crippen LogP contribution is -2.32. The lowest BCUT2D eigenvalue weighted by atomic mass is 9.83. The number of aromatic hydroxyl groups is 1. The zero-order valence-electron chi connectivity index (χ0n) is 24.3. The predicted octanol–water partition coefficient (Wildman–Crippen LogP) is 2.69. The highest BCUT2D eigenvalue weighted by Crippen LogP contribution is 2.36. The Labute approximate surface area is 238 Å². The normalized spacial score (nSPS) is 12.6. The van der Waals surface area contributed by atoms with E-state index in [2.05, 4.69) is 10.3 Å². The fraction of sp³-hybridized carbons (Fsp3) is 0.448. The molecular weight excluding hydrogens is 530 g/mol. The van der Waals surface area contributed by atoms with Crippen molar-refractivity contribution < 1.29 is 34.1 Å². The molecular formula is C29H37N5O7. The molecule has 1 aliphatic rings.